The Bertz CT molecular complexity index is 534. The van der Waals surface area contributed by atoms with Crippen molar-refractivity contribution in [2.75, 3.05) is 33.2 Å². The Kier molecular flexibility index (Phi) is 6.51. The van der Waals surface area contributed by atoms with Crippen LogP contribution in [0.1, 0.15) is 54.4 Å². The van der Waals surface area contributed by atoms with Crippen molar-refractivity contribution in [2.45, 2.75) is 78.8 Å². The maximum atomic E-state index is 11.4. The molecule has 0 aromatic heterocycles. The Morgan fingerprint density at radius 1 is 1.14 bits per heavy atom. The standard InChI is InChI=1S/C22H40O6/c1-7-27-18-8-16(20(3,4)5)21(6)17(23)11-25-13-26-12-22(18,21)9-15-19(24)14(2)10-28-15/h14-19,23-24H,7-13H2,1-6H3/t14-,15?,16+,17+,18?,19-,21?,22?/m1/s1. The van der Waals surface area contributed by atoms with Crippen LogP contribution in [0.15, 0.2) is 0 Å². The molecule has 0 bridgehead atoms. The van der Waals surface area contributed by atoms with E-state index >= 15 is 0 Å². The predicted octanol–water partition coefficient (Wildman–Crippen LogP) is 2.60. The lowest BCUT2D eigenvalue weighted by atomic mass is 9.54. The van der Waals surface area contributed by atoms with Crippen molar-refractivity contribution in [3.63, 3.8) is 0 Å². The van der Waals surface area contributed by atoms with Gasteiger partial charge in [0.1, 0.15) is 6.79 Å². The zero-order valence-electron chi connectivity index (χ0n) is 18.4. The normalized spacial score (nSPS) is 47.6. The Morgan fingerprint density at radius 2 is 1.86 bits per heavy atom. The summed E-state index contributed by atoms with van der Waals surface area (Å²) in [6, 6.07) is 0. The molecule has 8 atom stereocenters. The van der Waals surface area contributed by atoms with Gasteiger partial charge in [-0.2, -0.15) is 0 Å². The number of aliphatic hydroxyl groups excluding tert-OH is 2. The van der Waals surface area contributed by atoms with Gasteiger partial charge in [0.05, 0.1) is 44.2 Å². The van der Waals surface area contributed by atoms with Gasteiger partial charge in [0, 0.05) is 23.4 Å². The molecule has 1 saturated carbocycles. The number of hydrogen-bond donors (Lipinski definition) is 2. The molecule has 3 aliphatic rings. The van der Waals surface area contributed by atoms with Gasteiger partial charge in [-0.15, -0.1) is 0 Å². The van der Waals surface area contributed by atoms with E-state index in [-0.39, 0.29) is 42.9 Å². The third-order valence-corrected chi connectivity index (χ3v) is 7.87. The molecule has 0 amide bonds. The predicted molar refractivity (Wildman–Crippen MR) is 106 cm³/mol. The molecule has 164 valence electrons. The van der Waals surface area contributed by atoms with Crippen LogP contribution in [0.4, 0.5) is 0 Å². The minimum Gasteiger partial charge on any atom is -0.390 e. The first-order valence-electron chi connectivity index (χ1n) is 10.8. The molecule has 6 heteroatoms. The highest BCUT2D eigenvalue weighted by molar-refractivity contribution is 5.16. The third-order valence-electron chi connectivity index (χ3n) is 7.87. The lowest BCUT2D eigenvalue weighted by molar-refractivity contribution is -0.230. The summed E-state index contributed by atoms with van der Waals surface area (Å²) in [4.78, 5) is 0. The first-order valence-corrected chi connectivity index (χ1v) is 10.8. The average Bonchev–Trinajstić information content (AvgIpc) is 3.05. The fourth-order valence-electron chi connectivity index (χ4n) is 6.28. The number of rotatable bonds is 4. The minimum atomic E-state index is -0.637. The van der Waals surface area contributed by atoms with Crippen LogP contribution in [0, 0.1) is 28.1 Å². The lowest BCUT2D eigenvalue weighted by Gasteiger charge is -2.54. The highest BCUT2D eigenvalue weighted by Crippen LogP contribution is 2.66. The van der Waals surface area contributed by atoms with Gasteiger partial charge in [-0.05, 0) is 31.1 Å². The molecule has 0 spiro atoms. The van der Waals surface area contributed by atoms with Crippen molar-refractivity contribution in [1.82, 2.24) is 0 Å². The number of aliphatic hydroxyl groups is 2. The molecule has 2 saturated heterocycles. The summed E-state index contributed by atoms with van der Waals surface area (Å²) >= 11 is 0. The van der Waals surface area contributed by atoms with Gasteiger partial charge in [-0.25, -0.2) is 0 Å². The van der Waals surface area contributed by atoms with Crippen molar-refractivity contribution in [2.24, 2.45) is 28.1 Å². The van der Waals surface area contributed by atoms with Crippen molar-refractivity contribution in [3.8, 4) is 0 Å². The Labute approximate surface area is 169 Å². The van der Waals surface area contributed by atoms with Crippen molar-refractivity contribution in [1.29, 1.82) is 0 Å². The van der Waals surface area contributed by atoms with Crippen LogP contribution >= 0.6 is 0 Å². The molecular weight excluding hydrogens is 360 g/mol. The summed E-state index contributed by atoms with van der Waals surface area (Å²) < 4.78 is 23.9. The quantitative estimate of drug-likeness (QED) is 0.755. The van der Waals surface area contributed by atoms with Crippen molar-refractivity contribution >= 4 is 0 Å². The summed E-state index contributed by atoms with van der Waals surface area (Å²) in [7, 11) is 0. The molecule has 6 nitrogen and oxygen atoms in total. The Morgan fingerprint density at radius 3 is 2.43 bits per heavy atom. The monoisotopic (exact) mass is 400 g/mol. The molecule has 28 heavy (non-hydrogen) atoms. The van der Waals surface area contributed by atoms with Crippen molar-refractivity contribution in [3.05, 3.63) is 0 Å². The molecular formula is C22H40O6. The fraction of sp³-hybridized carbons (Fsp3) is 1.00. The topological polar surface area (TPSA) is 77.4 Å². The van der Waals surface area contributed by atoms with Gasteiger partial charge in [0.2, 0.25) is 0 Å². The summed E-state index contributed by atoms with van der Waals surface area (Å²) in [5.41, 5.74) is -0.964. The van der Waals surface area contributed by atoms with Crippen LogP contribution in [0.2, 0.25) is 0 Å². The highest BCUT2D eigenvalue weighted by Gasteiger charge is 2.68. The Hall–Kier alpha value is -0.240. The van der Waals surface area contributed by atoms with Crippen LogP contribution in [-0.2, 0) is 18.9 Å². The molecule has 2 N–H and O–H groups in total. The lowest BCUT2D eigenvalue weighted by Crippen LogP contribution is -2.59. The molecule has 3 fully saturated rings. The summed E-state index contributed by atoms with van der Waals surface area (Å²) in [5, 5.41) is 22.1. The molecule has 2 heterocycles. The van der Waals surface area contributed by atoms with Gasteiger partial charge < -0.3 is 29.2 Å². The second-order valence-electron chi connectivity index (χ2n) is 10.4. The summed E-state index contributed by atoms with van der Waals surface area (Å²) in [6.45, 7) is 14.9. The van der Waals surface area contributed by atoms with E-state index in [0.29, 0.717) is 26.2 Å². The number of fused-ring (bicyclic) bond motifs is 1. The molecule has 0 aromatic rings. The van der Waals surface area contributed by atoms with Gasteiger partial charge in [-0.3, -0.25) is 0 Å². The minimum absolute atomic E-state index is 0.0194. The van der Waals surface area contributed by atoms with E-state index < -0.39 is 23.0 Å². The first kappa shape index (κ1) is 22.4. The van der Waals surface area contributed by atoms with Crippen LogP contribution in [-0.4, -0.2) is 67.8 Å². The van der Waals surface area contributed by atoms with Crippen LogP contribution in [0.3, 0.4) is 0 Å². The fourth-order valence-corrected chi connectivity index (χ4v) is 6.28. The SMILES string of the molecule is CCOC1C[C@@H](C(C)(C)C)C2(C)[C@@H](O)COCOCC12CC1OC[C@@H](C)[C@H]1O. The third kappa shape index (κ3) is 3.54. The van der Waals surface area contributed by atoms with E-state index in [9.17, 15) is 10.2 Å². The summed E-state index contributed by atoms with van der Waals surface area (Å²) in [6.07, 6.45) is -0.00977. The number of hydrogen-bond acceptors (Lipinski definition) is 6. The molecule has 3 rings (SSSR count). The number of ether oxygens (including phenoxy) is 4. The first-order chi connectivity index (χ1) is 13.1. The largest absolute Gasteiger partial charge is 0.390 e. The van der Waals surface area contributed by atoms with E-state index in [1.54, 1.807) is 0 Å². The molecule has 0 aromatic carbocycles. The second kappa shape index (κ2) is 8.12. The Balaban J connectivity index is 2.08. The van der Waals surface area contributed by atoms with E-state index in [0.717, 1.165) is 6.42 Å². The smallest absolute Gasteiger partial charge is 0.146 e. The van der Waals surface area contributed by atoms with E-state index in [2.05, 4.69) is 27.7 Å². The van der Waals surface area contributed by atoms with E-state index in [1.807, 2.05) is 13.8 Å². The molecule has 2 aliphatic heterocycles. The maximum absolute atomic E-state index is 11.4. The van der Waals surface area contributed by atoms with E-state index in [4.69, 9.17) is 18.9 Å². The zero-order chi connectivity index (χ0) is 20.7. The van der Waals surface area contributed by atoms with Crippen LogP contribution in [0.5, 0.6) is 0 Å². The molecule has 4 unspecified atom stereocenters. The van der Waals surface area contributed by atoms with Crippen LogP contribution in [0.25, 0.3) is 0 Å². The molecule has 0 radical (unpaired) electrons. The van der Waals surface area contributed by atoms with Gasteiger partial charge in [0.25, 0.3) is 0 Å². The van der Waals surface area contributed by atoms with Crippen molar-refractivity contribution < 1.29 is 29.2 Å². The second-order valence-corrected chi connectivity index (χ2v) is 10.4. The van der Waals surface area contributed by atoms with Gasteiger partial charge >= 0.3 is 0 Å². The van der Waals surface area contributed by atoms with Gasteiger partial charge in [0.15, 0.2) is 0 Å². The zero-order valence-corrected chi connectivity index (χ0v) is 18.4. The van der Waals surface area contributed by atoms with Crippen LogP contribution < -0.4 is 0 Å². The summed E-state index contributed by atoms with van der Waals surface area (Å²) in [5.74, 6) is 0.327. The maximum Gasteiger partial charge on any atom is 0.146 e. The van der Waals surface area contributed by atoms with E-state index in [1.165, 1.54) is 0 Å². The van der Waals surface area contributed by atoms with Gasteiger partial charge in [-0.1, -0.05) is 34.6 Å². The molecule has 1 aliphatic carbocycles. The highest BCUT2D eigenvalue weighted by atomic mass is 16.7. The average molecular weight is 401 g/mol.